The third kappa shape index (κ3) is 1.39. The lowest BCUT2D eigenvalue weighted by Gasteiger charge is -2.13. The van der Waals surface area contributed by atoms with Crippen LogP contribution in [0.15, 0.2) is 0 Å². The van der Waals surface area contributed by atoms with Crippen LogP contribution in [0.4, 0.5) is 5.95 Å². The summed E-state index contributed by atoms with van der Waals surface area (Å²) in [4.78, 5) is 19.9. The fraction of sp³-hybridized carbons (Fsp3) is 0.615. The van der Waals surface area contributed by atoms with Gasteiger partial charge in [0, 0.05) is 12.6 Å². The van der Waals surface area contributed by atoms with E-state index in [4.69, 9.17) is 0 Å². The lowest BCUT2D eigenvalue weighted by atomic mass is 9.97. The third-order valence-electron chi connectivity index (χ3n) is 4.28. The molecule has 90 valence electrons. The average molecular weight is 231 g/mol. The second-order valence-electron chi connectivity index (χ2n) is 5.78. The molecule has 0 radical (unpaired) electrons. The van der Waals surface area contributed by atoms with Crippen LogP contribution in [0.3, 0.4) is 0 Å². The lowest BCUT2D eigenvalue weighted by molar-refractivity contribution is -0.114. The average Bonchev–Trinajstić information content (AvgIpc) is 2.57. The molecule has 0 saturated heterocycles. The topological polar surface area (TPSA) is 54.9 Å². The number of carbonyl (C=O) groups is 1. The lowest BCUT2D eigenvalue weighted by Crippen LogP contribution is -2.13. The molecule has 1 fully saturated rings. The molecule has 2 atom stereocenters. The van der Waals surface area contributed by atoms with Gasteiger partial charge in [-0.15, -0.1) is 0 Å². The third-order valence-corrected chi connectivity index (χ3v) is 4.28. The zero-order chi connectivity index (χ0) is 12.4. The molecule has 0 aromatic carbocycles. The number of anilines is 1. The summed E-state index contributed by atoms with van der Waals surface area (Å²) in [6.45, 7) is 8.12. The minimum Gasteiger partial charge on any atom is -0.295 e. The van der Waals surface area contributed by atoms with Crippen molar-refractivity contribution in [1.82, 2.24) is 9.97 Å². The van der Waals surface area contributed by atoms with Crippen LogP contribution < -0.4 is 5.32 Å². The van der Waals surface area contributed by atoms with Gasteiger partial charge in [0.1, 0.15) is 0 Å². The maximum absolute atomic E-state index is 11.0. The van der Waals surface area contributed by atoms with Gasteiger partial charge in [-0.1, -0.05) is 13.8 Å². The Bertz CT molecular complexity index is 522. The number of rotatable bonds is 1. The molecule has 0 bridgehead atoms. The minimum absolute atomic E-state index is 0.118. The summed E-state index contributed by atoms with van der Waals surface area (Å²) in [7, 11) is 0. The summed E-state index contributed by atoms with van der Waals surface area (Å²) in [6.07, 6.45) is 1.03. The largest absolute Gasteiger partial charge is 0.295 e. The Hall–Kier alpha value is -1.45. The van der Waals surface area contributed by atoms with Crippen LogP contribution in [0.2, 0.25) is 0 Å². The van der Waals surface area contributed by atoms with E-state index in [1.54, 1.807) is 0 Å². The van der Waals surface area contributed by atoms with Gasteiger partial charge in [0.2, 0.25) is 11.9 Å². The molecule has 1 heterocycles. The van der Waals surface area contributed by atoms with E-state index in [2.05, 4.69) is 29.1 Å². The second-order valence-corrected chi connectivity index (χ2v) is 5.78. The Kier molecular flexibility index (Phi) is 1.92. The van der Waals surface area contributed by atoms with E-state index in [0.717, 1.165) is 23.7 Å². The summed E-state index contributed by atoms with van der Waals surface area (Å²) in [5.41, 5.74) is 3.90. The fourth-order valence-corrected chi connectivity index (χ4v) is 3.32. The van der Waals surface area contributed by atoms with Gasteiger partial charge in [0.25, 0.3) is 0 Å². The van der Waals surface area contributed by atoms with Gasteiger partial charge in [-0.25, -0.2) is 9.97 Å². The van der Waals surface area contributed by atoms with Gasteiger partial charge in [-0.2, -0.15) is 0 Å². The number of nitrogens with zero attached hydrogens (tertiary/aromatic N) is 2. The van der Waals surface area contributed by atoms with Crippen LogP contribution in [0.5, 0.6) is 0 Å². The van der Waals surface area contributed by atoms with Gasteiger partial charge in [0.15, 0.2) is 0 Å². The molecule has 4 heteroatoms. The predicted molar refractivity (Wildman–Crippen MR) is 64.8 cm³/mol. The summed E-state index contributed by atoms with van der Waals surface area (Å²) < 4.78 is 0. The summed E-state index contributed by atoms with van der Waals surface area (Å²) in [6, 6.07) is 0. The predicted octanol–water partition coefficient (Wildman–Crippen LogP) is 2.04. The second kappa shape index (κ2) is 3.06. The Morgan fingerprint density at radius 3 is 2.76 bits per heavy atom. The molecule has 2 aliphatic carbocycles. The van der Waals surface area contributed by atoms with Crippen LogP contribution in [-0.2, 0) is 11.2 Å². The van der Waals surface area contributed by atoms with E-state index in [9.17, 15) is 4.79 Å². The first-order valence-electron chi connectivity index (χ1n) is 6.06. The van der Waals surface area contributed by atoms with Crippen molar-refractivity contribution < 1.29 is 4.79 Å². The molecule has 1 saturated carbocycles. The first-order valence-corrected chi connectivity index (χ1v) is 6.06. The number of nitrogens with one attached hydrogen (secondary N) is 1. The SMILES string of the molecule is CC(=O)Nc1nc(C)c2c(n1)C[C@@H]1[C@H]2C1(C)C. The van der Waals surface area contributed by atoms with E-state index in [1.807, 2.05) is 6.92 Å². The van der Waals surface area contributed by atoms with Crippen molar-refractivity contribution in [1.29, 1.82) is 0 Å². The monoisotopic (exact) mass is 231 g/mol. The van der Waals surface area contributed by atoms with Crippen LogP contribution in [0, 0.1) is 18.3 Å². The maximum atomic E-state index is 11.0. The van der Waals surface area contributed by atoms with Crippen LogP contribution in [-0.4, -0.2) is 15.9 Å². The number of hydrogen-bond acceptors (Lipinski definition) is 3. The van der Waals surface area contributed by atoms with Crippen molar-refractivity contribution in [2.24, 2.45) is 11.3 Å². The molecule has 1 amide bonds. The molecular formula is C13H17N3O. The van der Waals surface area contributed by atoms with Gasteiger partial charge in [0.05, 0.1) is 5.69 Å². The van der Waals surface area contributed by atoms with E-state index in [0.29, 0.717) is 17.3 Å². The summed E-state index contributed by atoms with van der Waals surface area (Å²) in [5.74, 6) is 1.68. The highest BCUT2D eigenvalue weighted by molar-refractivity contribution is 5.86. The highest BCUT2D eigenvalue weighted by Crippen LogP contribution is 2.70. The van der Waals surface area contributed by atoms with Crippen LogP contribution in [0.25, 0.3) is 0 Å². The summed E-state index contributed by atoms with van der Waals surface area (Å²) in [5, 5.41) is 2.66. The van der Waals surface area contributed by atoms with E-state index in [-0.39, 0.29) is 5.91 Å². The molecule has 1 aromatic rings. The Morgan fingerprint density at radius 1 is 1.41 bits per heavy atom. The van der Waals surface area contributed by atoms with Gasteiger partial charge in [-0.3, -0.25) is 10.1 Å². The first-order chi connectivity index (χ1) is 7.91. The van der Waals surface area contributed by atoms with E-state index in [1.165, 1.54) is 12.5 Å². The molecule has 0 unspecified atom stereocenters. The molecule has 0 spiro atoms. The Morgan fingerprint density at radius 2 is 2.12 bits per heavy atom. The minimum atomic E-state index is -0.118. The number of hydrogen-bond donors (Lipinski definition) is 1. The number of aromatic nitrogens is 2. The van der Waals surface area contributed by atoms with Crippen molar-refractivity contribution in [3.8, 4) is 0 Å². The number of aryl methyl sites for hydroxylation is 1. The molecular weight excluding hydrogens is 214 g/mol. The van der Waals surface area contributed by atoms with E-state index < -0.39 is 0 Å². The van der Waals surface area contributed by atoms with Crippen molar-refractivity contribution in [2.45, 2.75) is 40.0 Å². The smallest absolute Gasteiger partial charge is 0.229 e. The van der Waals surface area contributed by atoms with Crippen LogP contribution >= 0.6 is 0 Å². The van der Waals surface area contributed by atoms with Gasteiger partial charge < -0.3 is 0 Å². The van der Waals surface area contributed by atoms with E-state index >= 15 is 0 Å². The maximum Gasteiger partial charge on any atom is 0.229 e. The number of carbonyl (C=O) groups excluding carboxylic acids is 1. The molecule has 0 aliphatic heterocycles. The highest BCUT2D eigenvalue weighted by atomic mass is 16.1. The number of amides is 1. The molecule has 3 rings (SSSR count). The van der Waals surface area contributed by atoms with Gasteiger partial charge in [-0.05, 0) is 36.2 Å². The van der Waals surface area contributed by atoms with Crippen molar-refractivity contribution in [2.75, 3.05) is 5.32 Å². The molecule has 17 heavy (non-hydrogen) atoms. The van der Waals surface area contributed by atoms with Crippen molar-refractivity contribution in [3.63, 3.8) is 0 Å². The number of fused-ring (bicyclic) bond motifs is 3. The first kappa shape index (κ1) is 10.7. The van der Waals surface area contributed by atoms with Crippen molar-refractivity contribution in [3.05, 3.63) is 17.0 Å². The Labute approximate surface area is 101 Å². The van der Waals surface area contributed by atoms with Crippen molar-refractivity contribution >= 4 is 11.9 Å². The standard InChI is InChI=1S/C13H17N3O/c1-6-10-9(5-8-11(10)13(8,3)4)16-12(14-6)15-7(2)17/h8,11H,5H2,1-4H3,(H,14,15,16,17)/t8-,11-/m1/s1. The van der Waals surface area contributed by atoms with Crippen LogP contribution in [0.1, 0.15) is 43.6 Å². The van der Waals surface area contributed by atoms with Gasteiger partial charge >= 0.3 is 0 Å². The zero-order valence-corrected chi connectivity index (χ0v) is 10.7. The summed E-state index contributed by atoms with van der Waals surface area (Å²) >= 11 is 0. The zero-order valence-electron chi connectivity index (χ0n) is 10.7. The molecule has 2 aliphatic rings. The molecule has 1 aromatic heterocycles. The normalized spacial score (nSPS) is 27.3. The Balaban J connectivity index is 2.00. The quantitative estimate of drug-likeness (QED) is 0.804. The highest BCUT2D eigenvalue weighted by Gasteiger charge is 2.63. The molecule has 4 nitrogen and oxygen atoms in total. The fourth-order valence-electron chi connectivity index (χ4n) is 3.32. The molecule has 1 N–H and O–H groups in total.